The van der Waals surface area contributed by atoms with Crippen molar-refractivity contribution in [2.75, 3.05) is 18.0 Å². The minimum Gasteiger partial charge on any atom is -0.497 e. The predicted molar refractivity (Wildman–Crippen MR) is 154 cm³/mol. The smallest absolute Gasteiger partial charge is 0.269 e. The normalized spacial score (nSPS) is 11.1. The van der Waals surface area contributed by atoms with Crippen LogP contribution in [0.1, 0.15) is 11.1 Å². The highest BCUT2D eigenvalue weighted by atomic mass is 32.2. The molecule has 0 bridgehead atoms. The van der Waals surface area contributed by atoms with Gasteiger partial charge in [-0.2, -0.15) is 5.10 Å². The van der Waals surface area contributed by atoms with E-state index in [1.165, 1.54) is 37.6 Å². The summed E-state index contributed by atoms with van der Waals surface area (Å²) in [5.41, 5.74) is 4.11. The van der Waals surface area contributed by atoms with Crippen LogP contribution in [-0.4, -0.2) is 39.1 Å². The summed E-state index contributed by atoms with van der Waals surface area (Å²) in [7, 11) is -2.54. The number of nitrogens with one attached hydrogen (secondary N) is 1. The molecule has 1 N–H and O–H groups in total. The molecule has 0 aliphatic rings. The molecular formula is C29H26N4O7S. The van der Waals surface area contributed by atoms with Crippen LogP contribution >= 0.6 is 0 Å². The molecule has 0 radical (unpaired) electrons. The fourth-order valence-electron chi connectivity index (χ4n) is 3.66. The monoisotopic (exact) mass is 574 g/mol. The van der Waals surface area contributed by atoms with Gasteiger partial charge in [0, 0.05) is 12.1 Å². The lowest BCUT2D eigenvalue weighted by Crippen LogP contribution is -2.39. The zero-order valence-electron chi connectivity index (χ0n) is 21.9. The van der Waals surface area contributed by atoms with E-state index in [0.717, 1.165) is 9.87 Å². The Morgan fingerprint density at radius 2 is 1.56 bits per heavy atom. The molecule has 4 aromatic carbocycles. The van der Waals surface area contributed by atoms with Gasteiger partial charge in [-0.15, -0.1) is 0 Å². The van der Waals surface area contributed by atoms with E-state index < -0.39 is 27.4 Å². The second-order valence-corrected chi connectivity index (χ2v) is 10.5. The quantitative estimate of drug-likeness (QED) is 0.149. The molecule has 0 unspecified atom stereocenters. The number of methoxy groups -OCH3 is 1. The Hall–Kier alpha value is -5.23. The Bertz CT molecular complexity index is 1610. The van der Waals surface area contributed by atoms with Crippen LogP contribution in [-0.2, 0) is 21.4 Å². The lowest BCUT2D eigenvalue weighted by atomic mass is 10.2. The summed E-state index contributed by atoms with van der Waals surface area (Å²) in [6.45, 7) is -0.269. The molecule has 0 saturated carbocycles. The first-order valence-corrected chi connectivity index (χ1v) is 13.7. The molecule has 4 rings (SSSR count). The molecule has 0 atom stereocenters. The molecule has 210 valence electrons. The largest absolute Gasteiger partial charge is 0.497 e. The Labute approximate surface area is 236 Å². The van der Waals surface area contributed by atoms with Gasteiger partial charge in [0.2, 0.25) is 0 Å². The van der Waals surface area contributed by atoms with Gasteiger partial charge in [0.15, 0.2) is 0 Å². The predicted octanol–water partition coefficient (Wildman–Crippen LogP) is 4.53. The molecule has 0 fully saturated rings. The van der Waals surface area contributed by atoms with Gasteiger partial charge in [0.1, 0.15) is 24.7 Å². The van der Waals surface area contributed by atoms with Gasteiger partial charge in [-0.25, -0.2) is 13.8 Å². The van der Waals surface area contributed by atoms with Crippen molar-refractivity contribution in [2.24, 2.45) is 5.10 Å². The van der Waals surface area contributed by atoms with Crippen LogP contribution in [0, 0.1) is 10.1 Å². The number of carbonyl (C=O) groups excluding carboxylic acids is 1. The summed E-state index contributed by atoms with van der Waals surface area (Å²) < 4.78 is 38.6. The van der Waals surface area contributed by atoms with Crippen LogP contribution in [0.4, 0.5) is 11.4 Å². The van der Waals surface area contributed by atoms with E-state index >= 15 is 0 Å². The standard InChI is InChI=1S/C29H26N4O7S/c1-39-26-17-13-24(14-18-26)32(41(37,38)28-5-3-2-4-6-28)20-29(34)31-30-19-22-9-15-27(16-10-22)40-21-23-7-11-25(12-8-23)33(35)36/h2-19H,20-21H2,1H3,(H,31,34)/b30-19+. The Morgan fingerprint density at radius 1 is 0.927 bits per heavy atom. The molecule has 1 amide bonds. The van der Waals surface area contributed by atoms with E-state index in [2.05, 4.69) is 10.5 Å². The van der Waals surface area contributed by atoms with Gasteiger partial charge in [-0.05, 0) is 83.9 Å². The maximum atomic E-state index is 13.4. The summed E-state index contributed by atoms with van der Waals surface area (Å²) in [4.78, 5) is 23.1. The number of rotatable bonds is 12. The molecular weight excluding hydrogens is 548 g/mol. The van der Waals surface area contributed by atoms with Crippen molar-refractivity contribution in [1.29, 1.82) is 0 Å². The van der Waals surface area contributed by atoms with Crippen molar-refractivity contribution in [3.63, 3.8) is 0 Å². The van der Waals surface area contributed by atoms with Crippen molar-refractivity contribution in [2.45, 2.75) is 11.5 Å². The van der Waals surface area contributed by atoms with E-state index in [-0.39, 0.29) is 22.9 Å². The molecule has 4 aromatic rings. The molecule has 12 heteroatoms. The van der Waals surface area contributed by atoms with Gasteiger partial charge in [-0.3, -0.25) is 19.2 Å². The van der Waals surface area contributed by atoms with Crippen molar-refractivity contribution in [3.05, 3.63) is 124 Å². The Kier molecular flexibility index (Phi) is 9.28. The molecule has 0 aliphatic carbocycles. The molecule has 41 heavy (non-hydrogen) atoms. The highest BCUT2D eigenvalue weighted by Crippen LogP contribution is 2.25. The minimum atomic E-state index is -4.05. The van der Waals surface area contributed by atoms with Crippen molar-refractivity contribution in [3.8, 4) is 11.5 Å². The maximum Gasteiger partial charge on any atom is 0.269 e. The molecule has 11 nitrogen and oxygen atoms in total. The summed E-state index contributed by atoms with van der Waals surface area (Å²) >= 11 is 0. The van der Waals surface area contributed by atoms with Gasteiger partial charge >= 0.3 is 0 Å². The SMILES string of the molecule is COc1ccc(N(CC(=O)N/N=C/c2ccc(OCc3ccc([N+](=O)[O-])cc3)cc2)S(=O)(=O)c2ccccc2)cc1. The highest BCUT2D eigenvalue weighted by molar-refractivity contribution is 7.92. The lowest BCUT2D eigenvalue weighted by molar-refractivity contribution is -0.384. The van der Waals surface area contributed by atoms with E-state index in [1.807, 2.05) is 0 Å². The van der Waals surface area contributed by atoms with E-state index in [0.29, 0.717) is 17.1 Å². The number of nitro groups is 1. The molecule has 0 aromatic heterocycles. The number of nitrogens with zero attached hydrogens (tertiary/aromatic N) is 3. The first-order valence-electron chi connectivity index (χ1n) is 12.3. The summed E-state index contributed by atoms with van der Waals surface area (Å²) in [6, 6.07) is 27.1. The number of hydrogen-bond donors (Lipinski definition) is 1. The third-order valence-corrected chi connectivity index (χ3v) is 7.60. The maximum absolute atomic E-state index is 13.4. The van der Waals surface area contributed by atoms with Crippen LogP contribution in [0.2, 0.25) is 0 Å². The zero-order valence-corrected chi connectivity index (χ0v) is 22.7. The average molecular weight is 575 g/mol. The summed E-state index contributed by atoms with van der Waals surface area (Å²) in [5.74, 6) is 0.480. The number of hydrazone groups is 1. The minimum absolute atomic E-state index is 0.00994. The summed E-state index contributed by atoms with van der Waals surface area (Å²) in [6.07, 6.45) is 1.42. The van der Waals surface area contributed by atoms with Crippen molar-refractivity contribution in [1.82, 2.24) is 5.43 Å². The third kappa shape index (κ3) is 7.67. The van der Waals surface area contributed by atoms with Crippen molar-refractivity contribution < 1.29 is 27.6 Å². The molecule has 0 saturated heterocycles. The molecule has 0 aliphatic heterocycles. The second-order valence-electron chi connectivity index (χ2n) is 8.60. The third-order valence-electron chi connectivity index (χ3n) is 5.81. The Balaban J connectivity index is 1.37. The number of sulfonamides is 1. The number of non-ortho nitro benzene ring substituents is 1. The van der Waals surface area contributed by atoms with E-state index in [9.17, 15) is 23.3 Å². The fraction of sp³-hybridized carbons (Fsp3) is 0.103. The molecule has 0 heterocycles. The average Bonchev–Trinajstić information content (AvgIpc) is 3.00. The van der Waals surface area contributed by atoms with Gasteiger partial charge < -0.3 is 9.47 Å². The number of anilines is 1. The van der Waals surface area contributed by atoms with Crippen LogP contribution in [0.25, 0.3) is 0 Å². The molecule has 0 spiro atoms. The van der Waals surface area contributed by atoms with E-state index in [4.69, 9.17) is 9.47 Å². The first-order chi connectivity index (χ1) is 19.8. The Morgan fingerprint density at radius 3 is 2.17 bits per heavy atom. The fourth-order valence-corrected chi connectivity index (χ4v) is 5.10. The van der Waals surface area contributed by atoms with Crippen LogP contribution in [0.3, 0.4) is 0 Å². The van der Waals surface area contributed by atoms with Crippen LogP contribution in [0.5, 0.6) is 11.5 Å². The van der Waals surface area contributed by atoms with Crippen molar-refractivity contribution >= 4 is 33.5 Å². The topological polar surface area (TPSA) is 140 Å². The van der Waals surface area contributed by atoms with Gasteiger partial charge in [0.25, 0.3) is 21.6 Å². The highest BCUT2D eigenvalue weighted by Gasteiger charge is 2.27. The van der Waals surface area contributed by atoms with Gasteiger partial charge in [-0.1, -0.05) is 18.2 Å². The lowest BCUT2D eigenvalue weighted by Gasteiger charge is -2.23. The van der Waals surface area contributed by atoms with Crippen LogP contribution in [0.15, 0.2) is 113 Å². The number of carbonyl (C=O) groups is 1. The zero-order chi connectivity index (χ0) is 29.2. The number of amides is 1. The number of ether oxygens (including phenoxy) is 2. The second kappa shape index (κ2) is 13.2. The summed E-state index contributed by atoms with van der Waals surface area (Å²) in [5, 5.41) is 14.7. The first kappa shape index (κ1) is 28.8. The van der Waals surface area contributed by atoms with Crippen LogP contribution < -0.4 is 19.2 Å². The number of nitro benzene ring substituents is 1. The van der Waals surface area contributed by atoms with Gasteiger partial charge in [0.05, 0.1) is 28.8 Å². The number of benzene rings is 4. The number of hydrogen-bond acceptors (Lipinski definition) is 8. The van der Waals surface area contributed by atoms with E-state index in [1.54, 1.807) is 78.9 Å².